The number of halogens is 1. The fraction of sp³-hybridized carbons (Fsp3) is 0.500. The van der Waals surface area contributed by atoms with E-state index in [0.29, 0.717) is 18.1 Å². The molecule has 0 aliphatic carbocycles. The van der Waals surface area contributed by atoms with Gasteiger partial charge in [0.05, 0.1) is 12.9 Å². The van der Waals surface area contributed by atoms with E-state index in [0.717, 1.165) is 5.56 Å². The molecule has 0 bridgehead atoms. The van der Waals surface area contributed by atoms with Crippen molar-refractivity contribution in [2.45, 2.75) is 19.4 Å². The van der Waals surface area contributed by atoms with Gasteiger partial charge in [-0.25, -0.2) is 13.1 Å². The van der Waals surface area contributed by atoms with Crippen LogP contribution in [0.1, 0.15) is 24.9 Å². The second-order valence-electron chi connectivity index (χ2n) is 3.98. The number of hydrogen-bond acceptors (Lipinski definition) is 3. The fourth-order valence-corrected chi connectivity index (χ4v) is 3.16. The summed E-state index contributed by atoms with van der Waals surface area (Å²) >= 11 is 5.49. The van der Waals surface area contributed by atoms with Crippen LogP contribution in [0.5, 0.6) is 5.75 Å². The Morgan fingerprint density at radius 3 is 2.78 bits per heavy atom. The maximum absolute atomic E-state index is 11.7. The lowest BCUT2D eigenvalue weighted by Crippen LogP contribution is -2.29. The van der Waals surface area contributed by atoms with Gasteiger partial charge in [-0.2, -0.15) is 0 Å². The van der Waals surface area contributed by atoms with E-state index >= 15 is 0 Å². The van der Waals surface area contributed by atoms with Gasteiger partial charge in [0.2, 0.25) is 10.0 Å². The zero-order valence-corrected chi connectivity index (χ0v) is 12.1. The monoisotopic (exact) mass is 291 g/mol. The Kier molecular flexibility index (Phi) is 5.91. The fourth-order valence-electron chi connectivity index (χ4n) is 1.55. The summed E-state index contributed by atoms with van der Waals surface area (Å²) in [6, 6.07) is 7.03. The zero-order valence-electron chi connectivity index (χ0n) is 10.5. The van der Waals surface area contributed by atoms with Gasteiger partial charge in [-0.1, -0.05) is 12.1 Å². The summed E-state index contributed by atoms with van der Waals surface area (Å²) in [4.78, 5) is 0. The SMILES string of the molecule is COc1cccc(C(C)NS(=O)(=O)CCCCl)c1. The first-order chi connectivity index (χ1) is 8.48. The summed E-state index contributed by atoms with van der Waals surface area (Å²) in [5.41, 5.74) is 0.865. The highest BCUT2D eigenvalue weighted by Crippen LogP contribution is 2.19. The van der Waals surface area contributed by atoms with Crippen LogP contribution in [-0.4, -0.2) is 27.2 Å². The largest absolute Gasteiger partial charge is 0.497 e. The summed E-state index contributed by atoms with van der Waals surface area (Å²) < 4.78 is 31.2. The van der Waals surface area contributed by atoms with E-state index in [9.17, 15) is 8.42 Å². The van der Waals surface area contributed by atoms with Crippen molar-refractivity contribution in [1.29, 1.82) is 0 Å². The van der Waals surface area contributed by atoms with Crippen LogP contribution in [0.25, 0.3) is 0 Å². The maximum Gasteiger partial charge on any atom is 0.212 e. The van der Waals surface area contributed by atoms with Crippen molar-refractivity contribution in [2.75, 3.05) is 18.7 Å². The molecule has 0 saturated heterocycles. The molecule has 102 valence electrons. The minimum Gasteiger partial charge on any atom is -0.497 e. The summed E-state index contributed by atoms with van der Waals surface area (Å²) in [5, 5.41) is 0. The molecular formula is C12H18ClNO3S. The van der Waals surface area contributed by atoms with E-state index in [4.69, 9.17) is 16.3 Å². The highest BCUT2D eigenvalue weighted by Gasteiger charge is 2.15. The Bertz CT molecular complexity index is 476. The van der Waals surface area contributed by atoms with Crippen LogP contribution in [0.15, 0.2) is 24.3 Å². The Labute approximate surface area is 113 Å². The smallest absolute Gasteiger partial charge is 0.212 e. The molecule has 0 saturated carbocycles. The second kappa shape index (κ2) is 6.97. The third-order valence-electron chi connectivity index (χ3n) is 2.50. The molecule has 1 rings (SSSR count). The van der Waals surface area contributed by atoms with Crippen molar-refractivity contribution in [2.24, 2.45) is 0 Å². The highest BCUT2D eigenvalue weighted by molar-refractivity contribution is 7.89. The van der Waals surface area contributed by atoms with Crippen molar-refractivity contribution in [1.82, 2.24) is 4.72 Å². The van der Waals surface area contributed by atoms with E-state index in [1.807, 2.05) is 24.3 Å². The minimum absolute atomic E-state index is 0.0464. The quantitative estimate of drug-likeness (QED) is 0.784. The van der Waals surface area contributed by atoms with Crippen LogP contribution in [0.4, 0.5) is 0 Å². The third-order valence-corrected chi connectivity index (χ3v) is 4.30. The molecule has 6 heteroatoms. The van der Waals surface area contributed by atoms with Crippen molar-refractivity contribution in [3.63, 3.8) is 0 Å². The van der Waals surface area contributed by atoms with Gasteiger partial charge in [0, 0.05) is 11.9 Å². The first kappa shape index (κ1) is 15.3. The summed E-state index contributed by atoms with van der Waals surface area (Å²) in [7, 11) is -1.71. The number of hydrogen-bond donors (Lipinski definition) is 1. The summed E-state index contributed by atoms with van der Waals surface area (Å²) in [6.07, 6.45) is 0.446. The van der Waals surface area contributed by atoms with E-state index in [1.165, 1.54) is 0 Å². The van der Waals surface area contributed by atoms with Gasteiger partial charge in [-0.3, -0.25) is 0 Å². The molecule has 0 radical (unpaired) electrons. The maximum atomic E-state index is 11.7. The molecule has 0 fully saturated rings. The predicted octanol–water partition coefficient (Wildman–Crippen LogP) is 2.30. The van der Waals surface area contributed by atoms with E-state index in [-0.39, 0.29) is 11.8 Å². The van der Waals surface area contributed by atoms with Crippen LogP contribution < -0.4 is 9.46 Å². The molecule has 0 heterocycles. The Morgan fingerprint density at radius 2 is 2.17 bits per heavy atom. The number of alkyl halides is 1. The van der Waals surface area contributed by atoms with Crippen molar-refractivity contribution in [3.05, 3.63) is 29.8 Å². The summed E-state index contributed by atoms with van der Waals surface area (Å²) in [5.74, 6) is 1.10. The molecule has 1 N–H and O–H groups in total. The van der Waals surface area contributed by atoms with Gasteiger partial charge in [0.25, 0.3) is 0 Å². The van der Waals surface area contributed by atoms with Crippen molar-refractivity contribution >= 4 is 21.6 Å². The van der Waals surface area contributed by atoms with E-state index < -0.39 is 10.0 Å². The van der Waals surface area contributed by atoms with Crippen LogP contribution in [0.2, 0.25) is 0 Å². The Morgan fingerprint density at radius 1 is 1.44 bits per heavy atom. The molecule has 1 unspecified atom stereocenters. The minimum atomic E-state index is -3.29. The lowest BCUT2D eigenvalue weighted by atomic mass is 10.1. The molecule has 0 aliphatic rings. The third kappa shape index (κ3) is 4.84. The molecule has 1 atom stereocenters. The number of ether oxygens (including phenoxy) is 1. The van der Waals surface area contributed by atoms with Gasteiger partial charge in [-0.15, -0.1) is 11.6 Å². The topological polar surface area (TPSA) is 55.4 Å². The highest BCUT2D eigenvalue weighted by atomic mass is 35.5. The average molecular weight is 292 g/mol. The van der Waals surface area contributed by atoms with Crippen molar-refractivity contribution < 1.29 is 13.2 Å². The first-order valence-corrected chi connectivity index (χ1v) is 7.87. The average Bonchev–Trinajstić information content (AvgIpc) is 2.36. The van der Waals surface area contributed by atoms with Crippen LogP contribution in [0, 0.1) is 0 Å². The number of methoxy groups -OCH3 is 1. The molecule has 1 aromatic rings. The molecule has 0 aliphatic heterocycles. The van der Waals surface area contributed by atoms with Crippen LogP contribution in [0.3, 0.4) is 0 Å². The Hall–Kier alpha value is -0.780. The zero-order chi connectivity index (χ0) is 13.6. The van der Waals surface area contributed by atoms with E-state index in [1.54, 1.807) is 14.0 Å². The normalized spacial score (nSPS) is 13.3. The standard InChI is InChI=1S/C12H18ClNO3S/c1-10(14-18(15,16)8-4-7-13)11-5-3-6-12(9-11)17-2/h3,5-6,9-10,14H,4,7-8H2,1-2H3. The molecule has 0 spiro atoms. The molecule has 0 amide bonds. The lowest BCUT2D eigenvalue weighted by molar-refractivity contribution is 0.413. The lowest BCUT2D eigenvalue weighted by Gasteiger charge is -2.15. The van der Waals surface area contributed by atoms with Crippen molar-refractivity contribution in [3.8, 4) is 5.75 Å². The van der Waals surface area contributed by atoms with Gasteiger partial charge in [-0.05, 0) is 31.0 Å². The van der Waals surface area contributed by atoms with Gasteiger partial charge in [0.15, 0.2) is 0 Å². The predicted molar refractivity (Wildman–Crippen MR) is 73.7 cm³/mol. The summed E-state index contributed by atoms with van der Waals surface area (Å²) in [6.45, 7) is 1.80. The second-order valence-corrected chi connectivity index (χ2v) is 6.23. The van der Waals surface area contributed by atoms with Crippen LogP contribution >= 0.6 is 11.6 Å². The molecule has 0 aromatic heterocycles. The molecule has 1 aromatic carbocycles. The number of benzene rings is 1. The Balaban J connectivity index is 2.72. The molecule has 18 heavy (non-hydrogen) atoms. The number of nitrogens with one attached hydrogen (secondary N) is 1. The van der Waals surface area contributed by atoms with Crippen LogP contribution in [-0.2, 0) is 10.0 Å². The molecule has 4 nitrogen and oxygen atoms in total. The first-order valence-electron chi connectivity index (χ1n) is 5.68. The number of sulfonamides is 1. The number of rotatable bonds is 7. The van der Waals surface area contributed by atoms with Gasteiger partial charge >= 0.3 is 0 Å². The van der Waals surface area contributed by atoms with Gasteiger partial charge in [0.1, 0.15) is 5.75 Å². The molecular weight excluding hydrogens is 274 g/mol. The van der Waals surface area contributed by atoms with Gasteiger partial charge < -0.3 is 4.74 Å². The van der Waals surface area contributed by atoms with E-state index in [2.05, 4.69) is 4.72 Å².